The van der Waals surface area contributed by atoms with Gasteiger partial charge in [0.2, 0.25) is 32.7 Å². The number of nitrogens with zero attached hydrogens (tertiary/aromatic N) is 1. The average molecular weight is 633 g/mol. The first-order chi connectivity index (χ1) is 19.0. The van der Waals surface area contributed by atoms with Crippen LogP contribution in [0.2, 0.25) is 0 Å². The highest BCUT2D eigenvalue weighted by Crippen LogP contribution is 2.49. The van der Waals surface area contributed by atoms with Gasteiger partial charge in [0.15, 0.2) is 0 Å². The van der Waals surface area contributed by atoms with Crippen LogP contribution in [0.1, 0.15) is 52.9 Å². The maximum Gasteiger partial charge on any atom is 0.471 e. The number of sulfone groups is 1. The van der Waals surface area contributed by atoms with Crippen LogP contribution in [0.5, 0.6) is 0 Å². The summed E-state index contributed by atoms with van der Waals surface area (Å²) in [6.45, 7) is 4.31. The smallest absolute Gasteiger partial charge is 0.356 e. The van der Waals surface area contributed by atoms with Gasteiger partial charge in [0.25, 0.3) is 5.92 Å². The van der Waals surface area contributed by atoms with E-state index in [0.717, 1.165) is 4.90 Å². The third kappa shape index (κ3) is 7.37. The molecular weight excluding hydrogens is 598 g/mol. The predicted molar refractivity (Wildman–Crippen MR) is 136 cm³/mol. The minimum atomic E-state index is -5.36. The summed E-state index contributed by atoms with van der Waals surface area (Å²) in [7, 11) is -4.38. The van der Waals surface area contributed by atoms with Crippen LogP contribution in [0.15, 0.2) is 11.2 Å². The van der Waals surface area contributed by atoms with E-state index in [0.29, 0.717) is 12.3 Å². The van der Waals surface area contributed by atoms with Crippen molar-refractivity contribution >= 4 is 33.5 Å². The molecule has 1 saturated carbocycles. The quantitative estimate of drug-likeness (QED) is 0.350. The second kappa shape index (κ2) is 11.7. The van der Waals surface area contributed by atoms with Crippen molar-refractivity contribution in [2.24, 2.45) is 17.3 Å². The molecular formula is C25H34F6N4O6S. The SMILES string of the molecule is CC(C)(C)[C@@H](NC(=O)C(F)(F)F)C(=O)N1[C@@H]2CC[C@H]([C@H]1C(=O)N[C@H](/C=C(/F)S(C)(=O)=O)C[C@H]1CCNC1=O)C(F)(F)C2. The molecule has 1 aliphatic carbocycles. The number of rotatable bonds is 8. The molecule has 0 radical (unpaired) electrons. The predicted octanol–water partition coefficient (Wildman–Crippen LogP) is 1.96. The molecule has 42 heavy (non-hydrogen) atoms. The molecule has 4 amide bonds. The van der Waals surface area contributed by atoms with Crippen molar-refractivity contribution in [1.82, 2.24) is 20.9 Å². The third-order valence-corrected chi connectivity index (χ3v) is 8.66. The third-order valence-electron chi connectivity index (χ3n) is 7.82. The van der Waals surface area contributed by atoms with Gasteiger partial charge in [-0.05, 0) is 37.2 Å². The van der Waals surface area contributed by atoms with Crippen LogP contribution in [-0.2, 0) is 29.0 Å². The minimum Gasteiger partial charge on any atom is -0.356 e. The van der Waals surface area contributed by atoms with Crippen molar-refractivity contribution in [2.75, 3.05) is 12.8 Å². The lowest BCUT2D eigenvalue weighted by atomic mass is 9.70. The maximum atomic E-state index is 15.1. The lowest BCUT2D eigenvalue weighted by molar-refractivity contribution is -0.197. The highest BCUT2D eigenvalue weighted by molar-refractivity contribution is 7.94. The molecule has 0 aromatic carbocycles. The molecule has 10 nitrogen and oxygen atoms in total. The Labute approximate surface area is 238 Å². The summed E-state index contributed by atoms with van der Waals surface area (Å²) in [5, 5.41) is 4.81. The minimum absolute atomic E-state index is 0.00808. The number of carbonyl (C=O) groups is 4. The van der Waals surface area contributed by atoms with E-state index >= 15 is 8.78 Å². The lowest BCUT2D eigenvalue weighted by Gasteiger charge is -2.55. The van der Waals surface area contributed by atoms with Crippen LogP contribution >= 0.6 is 0 Å². The van der Waals surface area contributed by atoms with Gasteiger partial charge in [-0.25, -0.2) is 17.2 Å². The van der Waals surface area contributed by atoms with Gasteiger partial charge in [-0.3, -0.25) is 19.2 Å². The van der Waals surface area contributed by atoms with E-state index in [1.807, 2.05) is 0 Å². The number of carbonyl (C=O) groups excluding carboxylic acids is 4. The Morgan fingerprint density at radius 3 is 2.21 bits per heavy atom. The van der Waals surface area contributed by atoms with E-state index in [1.54, 1.807) is 5.32 Å². The fourth-order valence-electron chi connectivity index (χ4n) is 5.73. The average Bonchev–Trinajstić information content (AvgIpc) is 3.22. The van der Waals surface area contributed by atoms with Crippen molar-refractivity contribution in [3.05, 3.63) is 11.2 Å². The largest absolute Gasteiger partial charge is 0.471 e. The zero-order valence-electron chi connectivity index (χ0n) is 23.4. The number of fused-ring (bicyclic) bond motifs is 3. The van der Waals surface area contributed by atoms with Crippen LogP contribution in [-0.4, -0.2) is 86.0 Å². The van der Waals surface area contributed by atoms with Gasteiger partial charge in [-0.1, -0.05) is 20.8 Å². The monoisotopic (exact) mass is 632 g/mol. The van der Waals surface area contributed by atoms with Gasteiger partial charge in [0, 0.05) is 31.2 Å². The summed E-state index contributed by atoms with van der Waals surface area (Å²) in [6, 6.07) is -6.56. The Kier molecular flexibility index (Phi) is 9.36. The van der Waals surface area contributed by atoms with Crippen molar-refractivity contribution in [3.63, 3.8) is 0 Å². The second-order valence-electron chi connectivity index (χ2n) is 12.1. The van der Waals surface area contributed by atoms with Crippen LogP contribution in [0.25, 0.3) is 0 Å². The number of hydrogen-bond acceptors (Lipinski definition) is 6. The van der Waals surface area contributed by atoms with E-state index in [-0.39, 0.29) is 32.2 Å². The van der Waals surface area contributed by atoms with Gasteiger partial charge >= 0.3 is 12.1 Å². The van der Waals surface area contributed by atoms with Crippen molar-refractivity contribution in [1.29, 1.82) is 0 Å². The van der Waals surface area contributed by atoms with Crippen molar-refractivity contribution in [3.8, 4) is 0 Å². The first kappa shape index (κ1) is 33.6. The van der Waals surface area contributed by atoms with Crippen LogP contribution in [0.4, 0.5) is 26.3 Å². The molecule has 4 fully saturated rings. The summed E-state index contributed by atoms with van der Waals surface area (Å²) in [5.74, 6) is -11.3. The van der Waals surface area contributed by atoms with E-state index in [1.165, 1.54) is 20.8 Å². The molecule has 4 aliphatic rings. The molecule has 3 heterocycles. The Balaban J connectivity index is 2.00. The maximum absolute atomic E-state index is 15.1. The lowest BCUT2D eigenvalue weighted by Crippen LogP contribution is -2.71. The molecule has 17 heteroatoms. The fraction of sp³-hybridized carbons (Fsp3) is 0.760. The number of piperidine rings is 2. The molecule has 3 aliphatic heterocycles. The normalized spacial score (nSPS) is 27.7. The number of alkyl halides is 5. The number of halogens is 6. The van der Waals surface area contributed by atoms with E-state index in [4.69, 9.17) is 0 Å². The molecule has 238 valence electrons. The molecule has 0 unspecified atom stereocenters. The summed E-state index contributed by atoms with van der Waals surface area (Å²) in [4.78, 5) is 52.0. The van der Waals surface area contributed by atoms with Gasteiger partial charge < -0.3 is 20.9 Å². The van der Waals surface area contributed by atoms with Gasteiger partial charge in [0.05, 0.1) is 12.0 Å². The Morgan fingerprint density at radius 2 is 1.74 bits per heavy atom. The second-order valence-corrected chi connectivity index (χ2v) is 14.1. The van der Waals surface area contributed by atoms with Crippen LogP contribution in [0, 0.1) is 17.3 Å². The molecule has 3 saturated heterocycles. The zero-order valence-corrected chi connectivity index (χ0v) is 24.2. The Bertz CT molecular complexity index is 1250. The Hall–Kier alpha value is -2.85. The Morgan fingerprint density at radius 1 is 1.12 bits per heavy atom. The molecule has 0 aromatic rings. The molecule has 2 bridgehead atoms. The van der Waals surface area contributed by atoms with Crippen LogP contribution in [0.3, 0.4) is 0 Å². The first-order valence-electron chi connectivity index (χ1n) is 13.3. The zero-order chi connectivity index (χ0) is 32.0. The van der Waals surface area contributed by atoms with Crippen molar-refractivity contribution < 1.29 is 53.9 Å². The molecule has 0 spiro atoms. The topological polar surface area (TPSA) is 142 Å². The highest BCUT2D eigenvalue weighted by Gasteiger charge is 2.61. The molecule has 6 atom stereocenters. The van der Waals surface area contributed by atoms with E-state index in [9.17, 15) is 45.2 Å². The first-order valence-corrected chi connectivity index (χ1v) is 15.2. The van der Waals surface area contributed by atoms with E-state index in [2.05, 4.69) is 10.6 Å². The summed E-state index contributed by atoms with van der Waals surface area (Å²) in [6.07, 6.45) is -5.38. The van der Waals surface area contributed by atoms with Gasteiger partial charge in [-0.15, -0.1) is 0 Å². The number of nitrogens with one attached hydrogen (secondary N) is 3. The molecule has 3 N–H and O–H groups in total. The van der Waals surface area contributed by atoms with Crippen LogP contribution < -0.4 is 16.0 Å². The summed E-state index contributed by atoms with van der Waals surface area (Å²) >= 11 is 0. The van der Waals surface area contributed by atoms with E-state index < -0.39 is 98.6 Å². The highest BCUT2D eigenvalue weighted by atomic mass is 32.2. The number of amides is 4. The summed E-state index contributed by atoms with van der Waals surface area (Å²) < 4.78 is 107. The standard InChI is InChI=1S/C25H34F6N4O6S/c1-23(2,3)18(34-22(39)25(29,30)31)21(38)35-14-5-6-15(24(27,28)11-14)17(35)20(37)33-13(10-16(26)42(4,40)41)9-12-7-8-32-19(12)36/h10,12-15,17-18H,5-9,11H2,1-4H3,(H,32,36)(H,33,37)(H,34,39)/b16-10-/t12-,13+,14-,15-,17+,18+/m1/s1. The number of hydrogen-bond donors (Lipinski definition) is 3. The molecule has 4 rings (SSSR count). The van der Waals surface area contributed by atoms with Gasteiger partial charge in [0.1, 0.15) is 12.1 Å². The van der Waals surface area contributed by atoms with Gasteiger partial charge in [-0.2, -0.15) is 17.6 Å². The fourth-order valence-corrected chi connectivity index (χ4v) is 6.14. The van der Waals surface area contributed by atoms with Crippen molar-refractivity contribution in [2.45, 2.75) is 89.1 Å². The summed E-state index contributed by atoms with van der Waals surface area (Å²) in [5.41, 5.74) is -1.35. The molecule has 0 aromatic heterocycles.